The topological polar surface area (TPSA) is 75.4 Å². The molecule has 1 aliphatic heterocycles. The molecule has 0 fully saturated rings. The maximum Gasteiger partial charge on any atom is 0.258 e. The number of benzene rings is 2. The number of hydrogen-bond acceptors (Lipinski definition) is 3. The lowest BCUT2D eigenvalue weighted by atomic mass is 10.00. The van der Waals surface area contributed by atoms with Gasteiger partial charge in [0.2, 0.25) is 5.91 Å². The molecule has 0 aliphatic carbocycles. The van der Waals surface area contributed by atoms with Crippen molar-refractivity contribution in [3.05, 3.63) is 65.7 Å². The third-order valence-electron chi connectivity index (χ3n) is 4.32. The highest BCUT2D eigenvalue weighted by Gasteiger charge is 2.23. The highest BCUT2D eigenvalue weighted by atomic mass is 16.2. The van der Waals surface area contributed by atoms with E-state index in [0.29, 0.717) is 30.6 Å². The van der Waals surface area contributed by atoms with Crippen LogP contribution in [0.5, 0.6) is 0 Å². The van der Waals surface area contributed by atoms with E-state index < -0.39 is 0 Å². The summed E-state index contributed by atoms with van der Waals surface area (Å²) < 4.78 is 0. The van der Waals surface area contributed by atoms with Gasteiger partial charge in [-0.2, -0.15) is 0 Å². The van der Waals surface area contributed by atoms with Crippen LogP contribution in [0.15, 0.2) is 54.6 Å². The predicted octanol–water partition coefficient (Wildman–Crippen LogP) is 2.84. The molecular formula is C20H21N3O2. The predicted molar refractivity (Wildman–Crippen MR) is 100 cm³/mol. The molecule has 3 rings (SSSR count). The molecule has 0 spiro atoms. The van der Waals surface area contributed by atoms with Gasteiger partial charge in [-0.25, -0.2) is 0 Å². The summed E-state index contributed by atoms with van der Waals surface area (Å²) >= 11 is 0. The minimum atomic E-state index is -0.0676. The Morgan fingerprint density at radius 1 is 1.12 bits per heavy atom. The molecule has 0 saturated heterocycles. The number of hydrogen-bond donors (Lipinski definition) is 2. The molecule has 0 unspecified atom stereocenters. The van der Waals surface area contributed by atoms with Gasteiger partial charge in [-0.15, -0.1) is 0 Å². The zero-order valence-corrected chi connectivity index (χ0v) is 14.2. The highest BCUT2D eigenvalue weighted by Crippen LogP contribution is 2.33. The minimum Gasteiger partial charge on any atom is -0.399 e. The van der Waals surface area contributed by atoms with E-state index in [2.05, 4.69) is 5.32 Å². The average molecular weight is 335 g/mol. The van der Waals surface area contributed by atoms with Crippen molar-refractivity contribution in [2.45, 2.75) is 12.8 Å². The number of anilines is 2. The maximum atomic E-state index is 13.0. The lowest BCUT2D eigenvalue weighted by Crippen LogP contribution is -2.31. The molecule has 0 atom stereocenters. The Kier molecular flexibility index (Phi) is 4.84. The zero-order valence-electron chi connectivity index (χ0n) is 14.2. The van der Waals surface area contributed by atoms with Crippen molar-refractivity contribution in [3.63, 3.8) is 0 Å². The summed E-state index contributed by atoms with van der Waals surface area (Å²) in [6.07, 6.45) is 3.05. The van der Waals surface area contributed by atoms with Gasteiger partial charge in [0, 0.05) is 30.4 Å². The number of carbonyl (C=O) groups is 2. The van der Waals surface area contributed by atoms with Gasteiger partial charge >= 0.3 is 0 Å². The third-order valence-corrected chi connectivity index (χ3v) is 4.32. The van der Waals surface area contributed by atoms with E-state index in [1.807, 2.05) is 30.3 Å². The van der Waals surface area contributed by atoms with E-state index in [0.717, 1.165) is 16.8 Å². The van der Waals surface area contributed by atoms with Crippen LogP contribution in [0, 0.1) is 0 Å². The van der Waals surface area contributed by atoms with E-state index in [9.17, 15) is 9.59 Å². The van der Waals surface area contributed by atoms with Crippen molar-refractivity contribution < 1.29 is 9.59 Å². The van der Waals surface area contributed by atoms with Crippen molar-refractivity contribution in [2.75, 3.05) is 24.2 Å². The summed E-state index contributed by atoms with van der Waals surface area (Å²) in [5.74, 6) is -0.110. The van der Waals surface area contributed by atoms with Crippen molar-refractivity contribution >= 4 is 28.8 Å². The standard InChI is InChI=1S/C20H21N3O2/c1-22-19(24)13-15-5-4-12-23(18-7-3-2-6-17(15)18)20(25)14-8-10-16(21)11-9-14/h2-3,5-11H,4,12-13,21H2,1H3,(H,22,24). The van der Waals surface area contributed by atoms with Gasteiger partial charge in [0.05, 0.1) is 12.1 Å². The first-order chi connectivity index (χ1) is 12.1. The van der Waals surface area contributed by atoms with Crippen molar-refractivity contribution in [1.82, 2.24) is 5.32 Å². The maximum absolute atomic E-state index is 13.0. The number of nitrogens with two attached hydrogens (primary N) is 1. The van der Waals surface area contributed by atoms with Crippen molar-refractivity contribution in [1.29, 1.82) is 0 Å². The Bertz CT molecular complexity index is 825. The summed E-state index contributed by atoms with van der Waals surface area (Å²) in [4.78, 5) is 26.6. The molecular weight excluding hydrogens is 314 g/mol. The van der Waals surface area contributed by atoms with Gasteiger partial charge in [0.15, 0.2) is 0 Å². The molecule has 25 heavy (non-hydrogen) atoms. The average Bonchev–Trinajstić information content (AvgIpc) is 2.81. The molecule has 2 aromatic rings. The van der Waals surface area contributed by atoms with Crippen molar-refractivity contribution in [2.24, 2.45) is 0 Å². The fourth-order valence-electron chi connectivity index (χ4n) is 3.00. The van der Waals surface area contributed by atoms with E-state index in [-0.39, 0.29) is 11.8 Å². The Balaban J connectivity index is 1.97. The van der Waals surface area contributed by atoms with Crippen LogP contribution in [0.25, 0.3) is 5.57 Å². The molecule has 3 N–H and O–H groups in total. The lowest BCUT2D eigenvalue weighted by molar-refractivity contribution is -0.119. The van der Waals surface area contributed by atoms with Crippen LogP contribution in [0.2, 0.25) is 0 Å². The van der Waals surface area contributed by atoms with Gasteiger partial charge in [-0.05, 0) is 42.3 Å². The van der Waals surface area contributed by atoms with Crippen LogP contribution in [0.3, 0.4) is 0 Å². The number of para-hydroxylation sites is 1. The summed E-state index contributed by atoms with van der Waals surface area (Å²) in [7, 11) is 1.63. The third kappa shape index (κ3) is 3.55. The smallest absolute Gasteiger partial charge is 0.258 e. The fourth-order valence-corrected chi connectivity index (χ4v) is 3.00. The second-order valence-corrected chi connectivity index (χ2v) is 5.96. The molecule has 1 heterocycles. The SMILES string of the molecule is CNC(=O)CC1=CCCN(C(=O)c2ccc(N)cc2)c2ccccc21. The monoisotopic (exact) mass is 335 g/mol. The minimum absolute atomic E-state index is 0.0423. The van der Waals surface area contributed by atoms with Crippen LogP contribution in [0.1, 0.15) is 28.8 Å². The summed E-state index contributed by atoms with van der Waals surface area (Å²) in [5, 5.41) is 2.66. The molecule has 0 bridgehead atoms. The largest absolute Gasteiger partial charge is 0.399 e. The summed E-state index contributed by atoms with van der Waals surface area (Å²) in [6.45, 7) is 0.567. The van der Waals surface area contributed by atoms with Crippen LogP contribution in [-0.2, 0) is 4.79 Å². The number of nitrogens with one attached hydrogen (secondary N) is 1. The second-order valence-electron chi connectivity index (χ2n) is 5.96. The van der Waals surface area contributed by atoms with Crippen LogP contribution >= 0.6 is 0 Å². The fraction of sp³-hybridized carbons (Fsp3) is 0.200. The van der Waals surface area contributed by atoms with Gasteiger partial charge in [0.25, 0.3) is 5.91 Å². The van der Waals surface area contributed by atoms with Crippen molar-refractivity contribution in [3.8, 4) is 0 Å². The number of fused-ring (bicyclic) bond motifs is 1. The summed E-state index contributed by atoms with van der Waals surface area (Å²) in [6, 6.07) is 14.7. The molecule has 5 nitrogen and oxygen atoms in total. The Morgan fingerprint density at radius 2 is 1.84 bits per heavy atom. The van der Waals surface area contributed by atoms with E-state index in [1.54, 1.807) is 36.2 Å². The zero-order chi connectivity index (χ0) is 17.8. The molecule has 2 amide bonds. The molecule has 0 aromatic heterocycles. The first-order valence-electron chi connectivity index (χ1n) is 8.26. The summed E-state index contributed by atoms with van der Waals surface area (Å²) in [5.41, 5.74) is 9.64. The molecule has 0 saturated carbocycles. The Hall–Kier alpha value is -3.08. The molecule has 0 radical (unpaired) electrons. The first kappa shape index (κ1) is 16.8. The number of rotatable bonds is 3. The lowest BCUT2D eigenvalue weighted by Gasteiger charge is -2.23. The molecule has 128 valence electrons. The van der Waals surface area contributed by atoms with Gasteiger partial charge in [-0.1, -0.05) is 24.3 Å². The quantitative estimate of drug-likeness (QED) is 0.847. The number of nitrogen functional groups attached to an aromatic ring is 1. The van der Waals surface area contributed by atoms with E-state index in [4.69, 9.17) is 5.73 Å². The normalized spacial score (nSPS) is 13.5. The van der Waals surface area contributed by atoms with Crippen LogP contribution < -0.4 is 16.0 Å². The molecule has 2 aromatic carbocycles. The van der Waals surface area contributed by atoms with Gasteiger partial charge in [0.1, 0.15) is 0 Å². The Morgan fingerprint density at radius 3 is 2.56 bits per heavy atom. The first-order valence-corrected chi connectivity index (χ1v) is 8.26. The highest BCUT2D eigenvalue weighted by molar-refractivity contribution is 6.08. The number of carbonyl (C=O) groups excluding carboxylic acids is 2. The Labute approximate surface area is 147 Å². The molecule has 5 heteroatoms. The van der Waals surface area contributed by atoms with Gasteiger partial charge < -0.3 is 16.0 Å². The van der Waals surface area contributed by atoms with Crippen LogP contribution in [-0.4, -0.2) is 25.4 Å². The second kappa shape index (κ2) is 7.21. The number of nitrogens with zero attached hydrogens (tertiary/aromatic N) is 1. The number of amides is 2. The van der Waals surface area contributed by atoms with E-state index in [1.165, 1.54) is 0 Å². The van der Waals surface area contributed by atoms with E-state index >= 15 is 0 Å². The van der Waals surface area contributed by atoms with Gasteiger partial charge in [-0.3, -0.25) is 9.59 Å². The van der Waals surface area contributed by atoms with Crippen LogP contribution in [0.4, 0.5) is 11.4 Å². The molecule has 1 aliphatic rings.